The Hall–Kier alpha value is -2.40. The molecule has 0 aliphatic heterocycles. The van der Waals surface area contributed by atoms with Gasteiger partial charge in [-0.15, -0.1) is 0 Å². The van der Waals surface area contributed by atoms with E-state index in [4.69, 9.17) is 0 Å². The third-order valence-corrected chi connectivity index (χ3v) is 4.15. The third kappa shape index (κ3) is 2.36. The van der Waals surface area contributed by atoms with E-state index in [1.54, 1.807) is 12.1 Å². The molecule has 2 aromatic carbocycles. The summed E-state index contributed by atoms with van der Waals surface area (Å²) in [4.78, 5) is 24.7. The number of aromatic hydroxyl groups is 1. The summed E-state index contributed by atoms with van der Waals surface area (Å²) in [5, 5.41) is 9.80. The molecular weight excluding hydrogens is 291 g/mol. The predicted molar refractivity (Wildman–Crippen MR) is 77.1 cm³/mol. The highest BCUT2D eigenvalue weighted by molar-refractivity contribution is 8.04. The summed E-state index contributed by atoms with van der Waals surface area (Å²) in [6, 6.07) is 10.3. The zero-order valence-electron chi connectivity index (χ0n) is 10.7. The molecule has 0 radical (unpaired) electrons. The lowest BCUT2D eigenvalue weighted by Gasteiger charge is -2.15. The normalized spacial score (nSPS) is 13.9. The molecular formula is C16H9FO3S. The van der Waals surface area contributed by atoms with Crippen LogP contribution in [0.5, 0.6) is 5.75 Å². The molecule has 3 rings (SSSR count). The molecule has 1 aliphatic rings. The van der Waals surface area contributed by atoms with Gasteiger partial charge in [-0.05, 0) is 18.2 Å². The summed E-state index contributed by atoms with van der Waals surface area (Å²) < 4.78 is 13.7. The van der Waals surface area contributed by atoms with Gasteiger partial charge in [0.15, 0.2) is 5.78 Å². The van der Waals surface area contributed by atoms with Crippen LogP contribution >= 0.6 is 11.8 Å². The summed E-state index contributed by atoms with van der Waals surface area (Å²) in [5.74, 6) is -1.56. The van der Waals surface area contributed by atoms with Gasteiger partial charge in [0.25, 0.3) is 0 Å². The molecule has 0 saturated heterocycles. The maximum atomic E-state index is 13.7. The highest BCUT2D eigenvalue weighted by Crippen LogP contribution is 2.37. The van der Waals surface area contributed by atoms with Crippen molar-refractivity contribution in [3.05, 3.63) is 70.4 Å². The minimum Gasteiger partial charge on any atom is -0.507 e. The number of rotatable bonds is 2. The third-order valence-electron chi connectivity index (χ3n) is 3.08. The van der Waals surface area contributed by atoms with E-state index >= 15 is 0 Å². The first-order valence-corrected chi connectivity index (χ1v) is 6.94. The van der Waals surface area contributed by atoms with E-state index in [0.29, 0.717) is 0 Å². The molecule has 1 aliphatic carbocycles. The molecule has 0 fully saturated rings. The molecule has 0 saturated carbocycles. The second-order valence-corrected chi connectivity index (χ2v) is 5.52. The number of thioether (sulfide) groups is 1. The Kier molecular flexibility index (Phi) is 3.35. The van der Waals surface area contributed by atoms with E-state index in [1.165, 1.54) is 36.4 Å². The van der Waals surface area contributed by atoms with Gasteiger partial charge >= 0.3 is 0 Å². The Morgan fingerprint density at radius 2 is 1.76 bits per heavy atom. The van der Waals surface area contributed by atoms with Crippen molar-refractivity contribution in [1.29, 1.82) is 0 Å². The number of carbonyl (C=O) groups excluding carboxylic acids is 2. The van der Waals surface area contributed by atoms with Crippen LogP contribution in [0.15, 0.2) is 58.3 Å². The van der Waals surface area contributed by atoms with Crippen LogP contribution in [0.1, 0.15) is 20.7 Å². The van der Waals surface area contributed by atoms with Gasteiger partial charge in [0.1, 0.15) is 11.6 Å². The number of ketones is 2. The summed E-state index contributed by atoms with van der Waals surface area (Å²) >= 11 is 0.880. The zero-order valence-corrected chi connectivity index (χ0v) is 11.5. The van der Waals surface area contributed by atoms with E-state index in [1.807, 2.05) is 0 Å². The van der Waals surface area contributed by atoms with Gasteiger partial charge in [-0.1, -0.05) is 36.0 Å². The van der Waals surface area contributed by atoms with Crippen LogP contribution in [0.25, 0.3) is 0 Å². The second-order valence-electron chi connectivity index (χ2n) is 4.43. The van der Waals surface area contributed by atoms with Crippen molar-refractivity contribution in [2.24, 2.45) is 0 Å². The topological polar surface area (TPSA) is 54.4 Å². The van der Waals surface area contributed by atoms with E-state index in [-0.39, 0.29) is 32.5 Å². The fourth-order valence-electron chi connectivity index (χ4n) is 2.09. The standard InChI is InChI=1S/C16H9FO3S/c17-10-5-1-2-7-13(10)21-14-8-12(19)9-4-3-6-11(18)15(9)16(14)20/h1-8,18H. The second kappa shape index (κ2) is 5.18. The fourth-order valence-corrected chi connectivity index (χ4v) is 3.00. The number of phenolic OH excluding ortho intramolecular Hbond substituents is 1. The molecule has 2 aromatic rings. The Labute approximate surface area is 124 Å². The van der Waals surface area contributed by atoms with Crippen LogP contribution in [0, 0.1) is 5.82 Å². The number of hydrogen-bond acceptors (Lipinski definition) is 4. The van der Waals surface area contributed by atoms with Crippen molar-refractivity contribution in [2.45, 2.75) is 4.90 Å². The quantitative estimate of drug-likeness (QED) is 0.921. The number of carbonyl (C=O) groups is 2. The molecule has 0 bridgehead atoms. The molecule has 3 nitrogen and oxygen atoms in total. The van der Waals surface area contributed by atoms with Crippen molar-refractivity contribution in [3.8, 4) is 5.75 Å². The lowest BCUT2D eigenvalue weighted by Crippen LogP contribution is -2.15. The number of Topliss-reactive ketones (excluding diaryl/α,β-unsaturated/α-hetero) is 1. The highest BCUT2D eigenvalue weighted by atomic mass is 32.2. The largest absolute Gasteiger partial charge is 0.507 e. The van der Waals surface area contributed by atoms with Crippen LogP contribution in [0.4, 0.5) is 4.39 Å². The van der Waals surface area contributed by atoms with Crippen molar-refractivity contribution in [2.75, 3.05) is 0 Å². The fraction of sp³-hybridized carbons (Fsp3) is 0. The van der Waals surface area contributed by atoms with Gasteiger partial charge in [-0.2, -0.15) is 0 Å². The first-order valence-electron chi connectivity index (χ1n) is 6.13. The Morgan fingerprint density at radius 1 is 1.00 bits per heavy atom. The van der Waals surface area contributed by atoms with Crippen molar-refractivity contribution < 1.29 is 19.1 Å². The van der Waals surface area contributed by atoms with Gasteiger partial charge in [-0.3, -0.25) is 9.59 Å². The Balaban J connectivity index is 2.03. The lowest BCUT2D eigenvalue weighted by molar-refractivity contribution is 0.0988. The maximum Gasteiger partial charge on any atom is 0.204 e. The lowest BCUT2D eigenvalue weighted by atomic mass is 9.94. The molecule has 21 heavy (non-hydrogen) atoms. The summed E-state index contributed by atoms with van der Waals surface area (Å²) in [5.41, 5.74) is 0.140. The number of benzene rings is 2. The molecule has 5 heteroatoms. The summed E-state index contributed by atoms with van der Waals surface area (Å²) in [6.45, 7) is 0. The maximum absolute atomic E-state index is 13.7. The van der Waals surface area contributed by atoms with Crippen molar-refractivity contribution in [1.82, 2.24) is 0 Å². The van der Waals surface area contributed by atoms with Gasteiger partial charge in [-0.25, -0.2) is 4.39 Å². The SMILES string of the molecule is O=C1C=C(Sc2ccccc2F)C(=O)c2c(O)cccc21. The van der Waals surface area contributed by atoms with Crippen LogP contribution in [0.3, 0.4) is 0 Å². The molecule has 1 N–H and O–H groups in total. The Morgan fingerprint density at radius 3 is 2.52 bits per heavy atom. The van der Waals surface area contributed by atoms with E-state index < -0.39 is 11.6 Å². The number of allylic oxidation sites excluding steroid dienone is 2. The van der Waals surface area contributed by atoms with Crippen LogP contribution in [-0.4, -0.2) is 16.7 Å². The Bertz CT molecular complexity index is 796. The average molecular weight is 300 g/mol. The molecule has 104 valence electrons. The minimum atomic E-state index is -0.476. The predicted octanol–water partition coefficient (Wildman–Crippen LogP) is 3.59. The van der Waals surface area contributed by atoms with Gasteiger partial charge in [0.2, 0.25) is 5.78 Å². The molecule has 0 unspecified atom stereocenters. The van der Waals surface area contributed by atoms with Crippen LogP contribution in [0.2, 0.25) is 0 Å². The monoisotopic (exact) mass is 300 g/mol. The van der Waals surface area contributed by atoms with Crippen LogP contribution in [-0.2, 0) is 0 Å². The van der Waals surface area contributed by atoms with Crippen LogP contribution < -0.4 is 0 Å². The zero-order chi connectivity index (χ0) is 15.0. The average Bonchev–Trinajstić information content (AvgIpc) is 2.46. The van der Waals surface area contributed by atoms with Crippen molar-refractivity contribution >= 4 is 23.3 Å². The van der Waals surface area contributed by atoms with E-state index in [0.717, 1.165) is 11.8 Å². The highest BCUT2D eigenvalue weighted by Gasteiger charge is 2.29. The number of phenols is 1. The molecule has 0 spiro atoms. The first kappa shape index (κ1) is 13.6. The molecule has 0 heterocycles. The molecule has 0 aromatic heterocycles. The van der Waals surface area contributed by atoms with Gasteiger partial charge in [0, 0.05) is 16.5 Å². The van der Waals surface area contributed by atoms with Gasteiger partial charge < -0.3 is 5.11 Å². The molecule has 0 atom stereocenters. The van der Waals surface area contributed by atoms with E-state index in [2.05, 4.69) is 0 Å². The minimum absolute atomic E-state index is 0.0242. The number of halogens is 1. The van der Waals surface area contributed by atoms with E-state index in [9.17, 15) is 19.1 Å². The number of hydrogen-bond donors (Lipinski definition) is 1. The summed E-state index contributed by atoms with van der Waals surface area (Å²) in [6.07, 6.45) is 1.18. The smallest absolute Gasteiger partial charge is 0.204 e. The first-order chi connectivity index (χ1) is 10.1. The molecule has 0 amide bonds. The summed E-state index contributed by atoms with van der Waals surface area (Å²) in [7, 11) is 0. The number of fused-ring (bicyclic) bond motifs is 1. The van der Waals surface area contributed by atoms with Crippen molar-refractivity contribution in [3.63, 3.8) is 0 Å². The van der Waals surface area contributed by atoms with Gasteiger partial charge in [0.05, 0.1) is 10.5 Å².